The number of benzene rings is 1. The summed E-state index contributed by atoms with van der Waals surface area (Å²) in [6.45, 7) is 4.54. The van der Waals surface area contributed by atoms with Gasteiger partial charge < -0.3 is 23.9 Å². The number of hydrogen-bond acceptors (Lipinski definition) is 6. The molecule has 3 heterocycles. The monoisotopic (exact) mass is 455 g/mol. The normalized spacial score (nSPS) is 21.3. The minimum Gasteiger partial charge on any atom is -0.487 e. The van der Waals surface area contributed by atoms with Crippen molar-refractivity contribution in [2.45, 2.75) is 64.4 Å². The summed E-state index contributed by atoms with van der Waals surface area (Å²) >= 11 is 0. The van der Waals surface area contributed by atoms with Crippen molar-refractivity contribution in [1.29, 1.82) is 0 Å². The van der Waals surface area contributed by atoms with E-state index in [1.165, 1.54) is 0 Å². The van der Waals surface area contributed by atoms with Gasteiger partial charge in [-0.3, -0.25) is 9.59 Å². The van der Waals surface area contributed by atoms with E-state index in [1.807, 2.05) is 19.9 Å². The van der Waals surface area contributed by atoms with Gasteiger partial charge in [0.05, 0.1) is 11.3 Å². The maximum absolute atomic E-state index is 12.9. The number of piperidine rings is 1. The Balaban J connectivity index is 1.50. The number of carbonyl (C=O) groups excluding carboxylic acids is 1. The van der Waals surface area contributed by atoms with Crippen LogP contribution in [0.3, 0.4) is 0 Å². The zero-order chi connectivity index (χ0) is 23.3. The SMILES string of the molecule is CC1(C)CCc2c(cc(OCC(=O)N3CCC[C@H](C(=O)O)C3)c3c4c(c(=O)oc23)CCC4)O1. The first-order valence-corrected chi connectivity index (χ1v) is 11.7. The molecule has 3 aliphatic rings. The van der Waals surface area contributed by atoms with Crippen LogP contribution < -0.4 is 15.1 Å². The topological polar surface area (TPSA) is 106 Å². The summed E-state index contributed by atoms with van der Waals surface area (Å²) in [7, 11) is 0. The first kappa shape index (κ1) is 21.8. The predicted molar refractivity (Wildman–Crippen MR) is 120 cm³/mol. The summed E-state index contributed by atoms with van der Waals surface area (Å²) in [5.41, 5.74) is 2.35. The molecule has 2 aliphatic heterocycles. The van der Waals surface area contributed by atoms with Crippen molar-refractivity contribution in [1.82, 2.24) is 4.90 Å². The molecule has 8 nitrogen and oxygen atoms in total. The summed E-state index contributed by atoms with van der Waals surface area (Å²) in [6.07, 6.45) is 5.08. The van der Waals surface area contributed by atoms with Crippen LogP contribution in [0, 0.1) is 5.92 Å². The second-order valence-corrected chi connectivity index (χ2v) is 9.92. The molecule has 1 saturated heterocycles. The third-order valence-corrected chi connectivity index (χ3v) is 7.11. The molecule has 1 atom stereocenters. The van der Waals surface area contributed by atoms with Gasteiger partial charge in [-0.2, -0.15) is 0 Å². The summed E-state index contributed by atoms with van der Waals surface area (Å²) in [5.74, 6) is -0.572. The van der Waals surface area contributed by atoms with Gasteiger partial charge >= 0.3 is 11.6 Å². The standard InChI is InChI=1S/C25H29NO7/c1-25(2)9-8-17-18(33-25)11-19(21-15-6-3-7-16(15)24(30)32-22(17)21)31-13-20(27)26-10-4-5-14(12-26)23(28)29/h11,14H,3-10,12-13H2,1-2H3,(H,28,29)/t14-/m0/s1. The molecule has 1 aromatic carbocycles. The van der Waals surface area contributed by atoms with E-state index in [0.29, 0.717) is 48.5 Å². The number of carboxylic acid groups (broad SMARTS) is 1. The number of amides is 1. The molecule has 1 aromatic heterocycles. The van der Waals surface area contributed by atoms with Crippen molar-refractivity contribution >= 4 is 22.8 Å². The largest absolute Gasteiger partial charge is 0.487 e. The van der Waals surface area contributed by atoms with Crippen LogP contribution in [-0.4, -0.2) is 47.2 Å². The minimum absolute atomic E-state index is 0.198. The fraction of sp³-hybridized carbons (Fsp3) is 0.560. The van der Waals surface area contributed by atoms with Gasteiger partial charge in [0.25, 0.3) is 5.91 Å². The molecule has 1 fully saturated rings. The van der Waals surface area contributed by atoms with E-state index in [-0.39, 0.29) is 30.3 Å². The van der Waals surface area contributed by atoms with Gasteiger partial charge in [0.15, 0.2) is 6.61 Å². The van der Waals surface area contributed by atoms with Crippen LogP contribution in [0.15, 0.2) is 15.3 Å². The van der Waals surface area contributed by atoms with Crippen molar-refractivity contribution in [2.24, 2.45) is 5.92 Å². The highest BCUT2D eigenvalue weighted by atomic mass is 16.5. The van der Waals surface area contributed by atoms with Crippen LogP contribution in [0.4, 0.5) is 0 Å². The minimum atomic E-state index is -0.876. The maximum Gasteiger partial charge on any atom is 0.339 e. The maximum atomic E-state index is 12.9. The van der Waals surface area contributed by atoms with E-state index in [0.717, 1.165) is 42.2 Å². The first-order chi connectivity index (χ1) is 15.7. The Morgan fingerprint density at radius 3 is 2.76 bits per heavy atom. The van der Waals surface area contributed by atoms with Crippen molar-refractivity contribution in [2.75, 3.05) is 19.7 Å². The zero-order valence-corrected chi connectivity index (χ0v) is 19.1. The number of fused-ring (bicyclic) bond motifs is 5. The van der Waals surface area contributed by atoms with Gasteiger partial charge in [-0.05, 0) is 64.4 Å². The first-order valence-electron chi connectivity index (χ1n) is 11.7. The number of carboxylic acids is 1. The van der Waals surface area contributed by atoms with Crippen molar-refractivity contribution in [3.63, 3.8) is 0 Å². The van der Waals surface area contributed by atoms with Crippen LogP contribution in [0.25, 0.3) is 11.0 Å². The summed E-state index contributed by atoms with van der Waals surface area (Å²) < 4.78 is 18.0. The molecule has 0 radical (unpaired) electrons. The summed E-state index contributed by atoms with van der Waals surface area (Å²) in [6, 6.07) is 1.82. The lowest BCUT2D eigenvalue weighted by Crippen LogP contribution is -2.44. The van der Waals surface area contributed by atoms with Gasteiger partial charge in [0.1, 0.15) is 22.7 Å². The Labute approximate surface area is 191 Å². The molecule has 0 saturated carbocycles. The Morgan fingerprint density at radius 2 is 1.97 bits per heavy atom. The molecule has 0 bridgehead atoms. The highest BCUT2D eigenvalue weighted by molar-refractivity contribution is 5.93. The van der Waals surface area contributed by atoms with E-state index in [9.17, 15) is 19.5 Å². The van der Waals surface area contributed by atoms with Gasteiger partial charge in [0.2, 0.25) is 0 Å². The number of likely N-dealkylation sites (tertiary alicyclic amines) is 1. The average molecular weight is 456 g/mol. The third kappa shape index (κ3) is 3.96. The van der Waals surface area contributed by atoms with Crippen molar-refractivity contribution in [3.8, 4) is 11.5 Å². The van der Waals surface area contributed by atoms with E-state index >= 15 is 0 Å². The Hall–Kier alpha value is -3.03. The highest BCUT2D eigenvalue weighted by Gasteiger charge is 2.33. The fourth-order valence-corrected chi connectivity index (χ4v) is 5.30. The van der Waals surface area contributed by atoms with E-state index < -0.39 is 11.9 Å². The molecule has 0 unspecified atom stereocenters. The van der Waals surface area contributed by atoms with E-state index in [2.05, 4.69) is 0 Å². The van der Waals surface area contributed by atoms with E-state index in [4.69, 9.17) is 13.9 Å². The quantitative estimate of drug-likeness (QED) is 0.706. The Bertz CT molecular complexity index is 1200. The molecule has 2 aromatic rings. The van der Waals surface area contributed by atoms with Gasteiger partial charge in [-0.15, -0.1) is 0 Å². The molecular formula is C25H29NO7. The molecule has 5 rings (SSSR count). The number of hydrogen-bond donors (Lipinski definition) is 1. The average Bonchev–Trinajstić information content (AvgIpc) is 3.27. The van der Waals surface area contributed by atoms with Crippen LogP contribution in [-0.2, 0) is 28.9 Å². The molecule has 1 aliphatic carbocycles. The number of aryl methyl sites for hydroxylation is 2. The van der Waals surface area contributed by atoms with Crippen LogP contribution in [0.2, 0.25) is 0 Å². The molecule has 1 amide bonds. The lowest BCUT2D eigenvalue weighted by molar-refractivity contribution is -0.146. The molecule has 33 heavy (non-hydrogen) atoms. The molecule has 0 spiro atoms. The Morgan fingerprint density at radius 1 is 1.18 bits per heavy atom. The number of ether oxygens (including phenoxy) is 2. The van der Waals surface area contributed by atoms with Crippen LogP contribution in [0.5, 0.6) is 11.5 Å². The molecule has 176 valence electrons. The van der Waals surface area contributed by atoms with Gasteiger partial charge in [0, 0.05) is 30.3 Å². The van der Waals surface area contributed by atoms with Crippen molar-refractivity contribution in [3.05, 3.63) is 33.2 Å². The predicted octanol–water partition coefficient (Wildman–Crippen LogP) is 3.09. The number of carbonyl (C=O) groups is 2. The molecular weight excluding hydrogens is 426 g/mol. The van der Waals surface area contributed by atoms with Crippen LogP contribution >= 0.6 is 0 Å². The second kappa shape index (κ2) is 8.08. The smallest absolute Gasteiger partial charge is 0.339 e. The fourth-order valence-electron chi connectivity index (χ4n) is 5.30. The zero-order valence-electron chi connectivity index (χ0n) is 19.1. The number of rotatable bonds is 4. The number of aliphatic carboxylic acids is 1. The lowest BCUT2D eigenvalue weighted by atomic mass is 9.91. The summed E-state index contributed by atoms with van der Waals surface area (Å²) in [5, 5.41) is 10.1. The van der Waals surface area contributed by atoms with Crippen molar-refractivity contribution < 1.29 is 28.6 Å². The molecule has 8 heteroatoms. The van der Waals surface area contributed by atoms with Gasteiger partial charge in [-0.25, -0.2) is 4.79 Å². The third-order valence-electron chi connectivity index (χ3n) is 7.11. The van der Waals surface area contributed by atoms with E-state index in [1.54, 1.807) is 4.90 Å². The summed E-state index contributed by atoms with van der Waals surface area (Å²) in [4.78, 5) is 38.4. The van der Waals surface area contributed by atoms with Gasteiger partial charge in [-0.1, -0.05) is 0 Å². The lowest BCUT2D eigenvalue weighted by Gasteiger charge is -2.33. The second-order valence-electron chi connectivity index (χ2n) is 9.92. The highest BCUT2D eigenvalue weighted by Crippen LogP contribution is 2.44. The van der Waals surface area contributed by atoms with Crippen LogP contribution in [0.1, 0.15) is 56.2 Å². The molecule has 1 N–H and O–H groups in total. The Kier molecular flexibility index (Phi) is 5.34. The number of nitrogens with zero attached hydrogens (tertiary/aromatic N) is 1.